The highest BCUT2D eigenvalue weighted by Crippen LogP contribution is 2.45. The fourth-order valence-electron chi connectivity index (χ4n) is 6.42. The number of aryl methyl sites for hydroxylation is 2. The SMILES string of the molecule is Cc1cc(C(=O)O)cc(C)c1N(Cc1cc(C2CC2)cc(C2CC2)c1)C(=O)CN(Cc1c(F)cc(F)cc1F)S(=O)(=O)c1c(F)c(F)c(F)c(F)c1F. The number of halogens is 8. The first-order valence-electron chi connectivity index (χ1n) is 16.3. The molecule has 0 spiro atoms. The second kappa shape index (κ2) is 14.2. The number of carboxylic acid groups (broad SMARTS) is 1. The van der Waals surface area contributed by atoms with E-state index in [0.717, 1.165) is 41.7 Å². The Morgan fingerprint density at radius 3 is 1.62 bits per heavy atom. The third-order valence-corrected chi connectivity index (χ3v) is 11.1. The molecule has 0 aliphatic heterocycles. The first-order valence-corrected chi connectivity index (χ1v) is 17.8. The lowest BCUT2D eigenvalue weighted by Crippen LogP contribution is -2.44. The number of benzene rings is 4. The van der Waals surface area contributed by atoms with Gasteiger partial charge in [-0.05, 0) is 91.3 Å². The molecule has 280 valence electrons. The maximum atomic E-state index is 15.0. The molecule has 4 aromatic rings. The molecule has 0 atom stereocenters. The molecule has 16 heteroatoms. The van der Waals surface area contributed by atoms with Gasteiger partial charge in [0.1, 0.15) is 17.5 Å². The van der Waals surface area contributed by atoms with Gasteiger partial charge in [-0.15, -0.1) is 0 Å². The Bertz CT molecular complexity index is 2190. The number of nitrogens with zero attached hydrogens (tertiary/aromatic N) is 2. The third-order valence-electron chi connectivity index (χ3n) is 9.30. The lowest BCUT2D eigenvalue weighted by molar-refractivity contribution is -0.119. The van der Waals surface area contributed by atoms with Gasteiger partial charge in [-0.25, -0.2) is 48.3 Å². The highest BCUT2D eigenvalue weighted by molar-refractivity contribution is 7.89. The van der Waals surface area contributed by atoms with Gasteiger partial charge in [-0.2, -0.15) is 4.31 Å². The van der Waals surface area contributed by atoms with Crippen LogP contribution in [0.15, 0.2) is 47.4 Å². The van der Waals surface area contributed by atoms with Crippen molar-refractivity contribution >= 4 is 27.6 Å². The van der Waals surface area contributed by atoms with Crippen LogP contribution in [0.5, 0.6) is 0 Å². The number of anilines is 1. The number of sulfonamides is 1. The molecule has 0 unspecified atom stereocenters. The van der Waals surface area contributed by atoms with Crippen LogP contribution in [0.2, 0.25) is 0 Å². The van der Waals surface area contributed by atoms with E-state index in [1.54, 1.807) is 0 Å². The van der Waals surface area contributed by atoms with Gasteiger partial charge in [0.2, 0.25) is 21.7 Å². The molecular formula is C37H30F8N2O5S. The number of hydrogen-bond donors (Lipinski definition) is 1. The van der Waals surface area contributed by atoms with Crippen LogP contribution in [0.3, 0.4) is 0 Å². The van der Waals surface area contributed by atoms with Gasteiger partial charge in [0.15, 0.2) is 28.2 Å². The average Bonchev–Trinajstić information content (AvgIpc) is 4.00. The molecule has 0 heterocycles. The molecule has 0 aromatic heterocycles. The van der Waals surface area contributed by atoms with Gasteiger partial charge in [0.25, 0.3) is 0 Å². The summed E-state index contributed by atoms with van der Waals surface area (Å²) in [6.45, 7) is -0.383. The van der Waals surface area contributed by atoms with E-state index in [-0.39, 0.29) is 57.2 Å². The molecule has 2 aliphatic rings. The van der Waals surface area contributed by atoms with Gasteiger partial charge < -0.3 is 10.0 Å². The monoisotopic (exact) mass is 766 g/mol. The van der Waals surface area contributed by atoms with Crippen molar-refractivity contribution in [2.45, 2.75) is 69.4 Å². The quantitative estimate of drug-likeness (QED) is 0.0890. The Balaban J connectivity index is 1.50. The summed E-state index contributed by atoms with van der Waals surface area (Å²) in [6.07, 6.45) is 3.75. The highest BCUT2D eigenvalue weighted by Gasteiger charge is 2.40. The molecule has 2 aliphatic carbocycles. The molecule has 0 bridgehead atoms. The van der Waals surface area contributed by atoms with Crippen molar-refractivity contribution in [2.24, 2.45) is 0 Å². The van der Waals surface area contributed by atoms with Crippen molar-refractivity contribution in [1.82, 2.24) is 4.31 Å². The van der Waals surface area contributed by atoms with E-state index < -0.39 is 92.0 Å². The molecule has 0 radical (unpaired) electrons. The fourth-order valence-corrected chi connectivity index (χ4v) is 7.89. The first kappa shape index (κ1) is 37.9. The number of amides is 1. The first-order chi connectivity index (χ1) is 24.9. The number of carbonyl (C=O) groups is 2. The number of rotatable bonds is 12. The Kier molecular flexibility index (Phi) is 10.2. The minimum Gasteiger partial charge on any atom is -0.478 e. The largest absolute Gasteiger partial charge is 0.478 e. The van der Waals surface area contributed by atoms with Gasteiger partial charge in [-0.1, -0.05) is 18.2 Å². The van der Waals surface area contributed by atoms with E-state index in [1.807, 2.05) is 12.1 Å². The standard InChI is InChI=1S/C37H30F8N2O5S/c1-17-7-24(37(49)50)8-18(2)35(17)47(14-19-9-22(20-3-4-20)11-23(10-19)21-5-6-21)29(48)16-46(15-26-27(39)12-25(38)13-28(26)40)53(51,52)36-33(44)31(42)30(41)32(43)34(36)45/h7-13,20-21H,3-6,14-16H2,1-2H3,(H,49,50). The Hall–Kier alpha value is -4.83. The Labute approximate surface area is 298 Å². The molecule has 0 saturated heterocycles. The smallest absolute Gasteiger partial charge is 0.335 e. The fraction of sp³-hybridized carbons (Fsp3) is 0.297. The van der Waals surface area contributed by atoms with Crippen LogP contribution in [0.4, 0.5) is 40.8 Å². The Morgan fingerprint density at radius 2 is 1.17 bits per heavy atom. The molecule has 2 saturated carbocycles. The van der Waals surface area contributed by atoms with E-state index in [1.165, 1.54) is 26.0 Å². The molecule has 4 aromatic carbocycles. The van der Waals surface area contributed by atoms with Crippen LogP contribution in [0, 0.1) is 60.4 Å². The summed E-state index contributed by atoms with van der Waals surface area (Å²) in [5, 5.41) is 9.63. The normalized spacial score (nSPS) is 14.5. The molecule has 6 rings (SSSR count). The summed E-state index contributed by atoms with van der Waals surface area (Å²) >= 11 is 0. The van der Waals surface area contributed by atoms with E-state index in [9.17, 15) is 49.5 Å². The molecule has 53 heavy (non-hydrogen) atoms. The Morgan fingerprint density at radius 1 is 0.698 bits per heavy atom. The van der Waals surface area contributed by atoms with Crippen LogP contribution in [0.1, 0.15) is 81.3 Å². The van der Waals surface area contributed by atoms with Gasteiger partial charge in [0, 0.05) is 29.9 Å². The predicted molar refractivity (Wildman–Crippen MR) is 175 cm³/mol. The van der Waals surface area contributed by atoms with Crippen LogP contribution in [-0.4, -0.2) is 36.3 Å². The topological polar surface area (TPSA) is 95.0 Å². The zero-order valence-corrected chi connectivity index (χ0v) is 28.9. The van der Waals surface area contributed by atoms with Gasteiger partial charge in [-0.3, -0.25) is 4.79 Å². The van der Waals surface area contributed by atoms with Crippen molar-refractivity contribution in [3.8, 4) is 0 Å². The van der Waals surface area contributed by atoms with Crippen LogP contribution in [-0.2, 0) is 27.9 Å². The van der Waals surface area contributed by atoms with E-state index in [4.69, 9.17) is 0 Å². The molecule has 7 nitrogen and oxygen atoms in total. The lowest BCUT2D eigenvalue weighted by Gasteiger charge is -2.30. The maximum absolute atomic E-state index is 15.0. The van der Waals surface area contributed by atoms with E-state index >= 15 is 8.78 Å². The van der Waals surface area contributed by atoms with E-state index in [0.29, 0.717) is 5.56 Å². The zero-order chi connectivity index (χ0) is 38.7. The predicted octanol–water partition coefficient (Wildman–Crippen LogP) is 8.29. The lowest BCUT2D eigenvalue weighted by atomic mass is 9.98. The summed E-state index contributed by atoms with van der Waals surface area (Å²) < 4.78 is 144. The van der Waals surface area contributed by atoms with E-state index in [2.05, 4.69) is 6.07 Å². The molecule has 1 amide bonds. The second-order valence-electron chi connectivity index (χ2n) is 13.3. The number of carboxylic acids is 1. The van der Waals surface area contributed by atoms with Crippen molar-refractivity contribution in [2.75, 3.05) is 11.4 Å². The third kappa shape index (κ3) is 7.51. The van der Waals surface area contributed by atoms with Gasteiger partial charge >= 0.3 is 5.97 Å². The van der Waals surface area contributed by atoms with Crippen molar-refractivity contribution in [3.05, 3.63) is 128 Å². The minimum atomic E-state index is -6.02. The maximum Gasteiger partial charge on any atom is 0.335 e. The number of aromatic carboxylic acids is 1. The second-order valence-corrected chi connectivity index (χ2v) is 15.2. The molecule has 2 fully saturated rings. The summed E-state index contributed by atoms with van der Waals surface area (Å²) in [6, 6.07) is 8.60. The van der Waals surface area contributed by atoms with Crippen molar-refractivity contribution < 1.29 is 58.2 Å². The highest BCUT2D eigenvalue weighted by atomic mass is 32.2. The minimum absolute atomic E-state index is 0.0949. The molecule has 1 N–H and O–H groups in total. The summed E-state index contributed by atoms with van der Waals surface area (Å²) in [5.41, 5.74) is 1.77. The van der Waals surface area contributed by atoms with Crippen LogP contribution in [0.25, 0.3) is 0 Å². The van der Waals surface area contributed by atoms with Crippen molar-refractivity contribution in [1.29, 1.82) is 0 Å². The number of hydrogen-bond acceptors (Lipinski definition) is 4. The van der Waals surface area contributed by atoms with Crippen LogP contribution >= 0.6 is 0 Å². The zero-order valence-electron chi connectivity index (χ0n) is 28.1. The number of carbonyl (C=O) groups excluding carboxylic acids is 1. The van der Waals surface area contributed by atoms with Crippen molar-refractivity contribution in [3.63, 3.8) is 0 Å². The summed E-state index contributed by atoms with van der Waals surface area (Å²) in [5.74, 6) is -20.3. The summed E-state index contributed by atoms with van der Waals surface area (Å²) in [7, 11) is -6.02. The summed E-state index contributed by atoms with van der Waals surface area (Å²) in [4.78, 5) is 24.9. The van der Waals surface area contributed by atoms with Gasteiger partial charge in [0.05, 0.1) is 18.7 Å². The molecular weight excluding hydrogens is 736 g/mol. The van der Waals surface area contributed by atoms with Crippen LogP contribution < -0.4 is 4.90 Å². The average molecular weight is 767 g/mol.